The highest BCUT2D eigenvalue weighted by atomic mass is 15.3. The zero-order valence-corrected chi connectivity index (χ0v) is 10.4. The summed E-state index contributed by atoms with van der Waals surface area (Å²) >= 11 is 0. The fraction of sp³-hybridized carbons (Fsp3) is 0.333. The highest BCUT2D eigenvalue weighted by Gasteiger charge is 2.01. The van der Waals surface area contributed by atoms with Crippen molar-refractivity contribution in [2.45, 2.75) is 6.54 Å². The van der Waals surface area contributed by atoms with Gasteiger partial charge >= 0.3 is 0 Å². The summed E-state index contributed by atoms with van der Waals surface area (Å²) in [6, 6.07) is 8.27. The number of rotatable bonds is 4. The van der Waals surface area contributed by atoms with Crippen molar-refractivity contribution < 1.29 is 0 Å². The molecule has 0 aliphatic heterocycles. The number of hydrogen-bond donors (Lipinski definition) is 1. The minimum atomic E-state index is 0.674. The number of benzene rings is 1. The summed E-state index contributed by atoms with van der Waals surface area (Å²) in [5, 5.41) is 11.2. The van der Waals surface area contributed by atoms with Crippen molar-refractivity contribution in [2.24, 2.45) is 7.05 Å². The summed E-state index contributed by atoms with van der Waals surface area (Å²) in [7, 11) is 6.00. The predicted octanol–water partition coefficient (Wildman–Crippen LogP) is 1.49. The van der Waals surface area contributed by atoms with Gasteiger partial charge in [0.1, 0.15) is 6.33 Å². The molecule has 0 fully saturated rings. The molecule has 90 valence electrons. The minimum Gasteiger partial charge on any atom is -0.378 e. The molecule has 1 aromatic heterocycles. The average Bonchev–Trinajstić information content (AvgIpc) is 2.72. The van der Waals surface area contributed by atoms with E-state index in [1.807, 2.05) is 37.8 Å². The molecule has 2 rings (SSSR count). The maximum atomic E-state index is 4.03. The Labute approximate surface area is 101 Å². The summed E-state index contributed by atoms with van der Waals surface area (Å²) in [5.74, 6) is 0.917. The first kappa shape index (κ1) is 11.4. The second-order valence-electron chi connectivity index (χ2n) is 4.16. The van der Waals surface area contributed by atoms with Gasteiger partial charge < -0.3 is 14.8 Å². The smallest absolute Gasteiger partial charge is 0.151 e. The second kappa shape index (κ2) is 4.86. The molecule has 17 heavy (non-hydrogen) atoms. The van der Waals surface area contributed by atoms with E-state index < -0.39 is 0 Å². The number of anilines is 2. The molecule has 0 bridgehead atoms. The van der Waals surface area contributed by atoms with Gasteiger partial charge in [-0.05, 0) is 18.2 Å². The van der Waals surface area contributed by atoms with Crippen molar-refractivity contribution >= 4 is 11.4 Å². The van der Waals surface area contributed by atoms with Crippen LogP contribution >= 0.6 is 0 Å². The monoisotopic (exact) mass is 231 g/mol. The molecule has 0 saturated heterocycles. The lowest BCUT2D eigenvalue weighted by atomic mass is 10.2. The molecule has 1 aromatic carbocycles. The van der Waals surface area contributed by atoms with E-state index in [1.54, 1.807) is 6.33 Å². The number of nitrogens with one attached hydrogen (secondary N) is 1. The third-order valence-corrected chi connectivity index (χ3v) is 2.62. The van der Waals surface area contributed by atoms with Gasteiger partial charge in [-0.15, -0.1) is 10.2 Å². The first-order chi connectivity index (χ1) is 8.16. The maximum Gasteiger partial charge on any atom is 0.151 e. The van der Waals surface area contributed by atoms with Crippen LogP contribution in [-0.4, -0.2) is 28.9 Å². The number of hydrogen-bond acceptors (Lipinski definition) is 4. The third kappa shape index (κ3) is 2.75. The van der Waals surface area contributed by atoms with E-state index in [4.69, 9.17) is 0 Å². The highest BCUT2D eigenvalue weighted by molar-refractivity contribution is 5.57. The van der Waals surface area contributed by atoms with E-state index in [0.29, 0.717) is 6.54 Å². The Bertz CT molecular complexity index is 489. The Kier molecular flexibility index (Phi) is 3.27. The quantitative estimate of drug-likeness (QED) is 0.866. The van der Waals surface area contributed by atoms with E-state index in [0.717, 1.165) is 11.5 Å². The molecular weight excluding hydrogens is 214 g/mol. The third-order valence-electron chi connectivity index (χ3n) is 2.62. The number of aryl methyl sites for hydroxylation is 1. The topological polar surface area (TPSA) is 46.0 Å². The van der Waals surface area contributed by atoms with Crippen LogP contribution in [0.3, 0.4) is 0 Å². The molecule has 2 aromatic rings. The summed E-state index contributed by atoms with van der Waals surface area (Å²) in [6.07, 6.45) is 1.70. The normalized spacial score (nSPS) is 10.3. The van der Waals surface area contributed by atoms with Gasteiger partial charge in [0.15, 0.2) is 5.82 Å². The lowest BCUT2D eigenvalue weighted by Crippen LogP contribution is -2.09. The van der Waals surface area contributed by atoms with Gasteiger partial charge in [0, 0.05) is 32.5 Å². The van der Waals surface area contributed by atoms with Gasteiger partial charge in [0.2, 0.25) is 0 Å². The molecular formula is C12H17N5. The fourth-order valence-corrected chi connectivity index (χ4v) is 1.54. The average molecular weight is 231 g/mol. The molecule has 5 nitrogen and oxygen atoms in total. The van der Waals surface area contributed by atoms with Crippen molar-refractivity contribution in [1.82, 2.24) is 14.8 Å². The number of nitrogens with zero attached hydrogens (tertiary/aromatic N) is 4. The van der Waals surface area contributed by atoms with Crippen LogP contribution in [0.25, 0.3) is 0 Å². The molecule has 1 N–H and O–H groups in total. The van der Waals surface area contributed by atoms with Gasteiger partial charge in [-0.2, -0.15) is 0 Å². The molecule has 0 unspecified atom stereocenters. The second-order valence-corrected chi connectivity index (χ2v) is 4.16. The molecule has 0 atom stereocenters. The van der Waals surface area contributed by atoms with Crippen LogP contribution in [0, 0.1) is 0 Å². The van der Waals surface area contributed by atoms with Crippen molar-refractivity contribution in [3.05, 3.63) is 36.4 Å². The van der Waals surface area contributed by atoms with E-state index in [2.05, 4.69) is 32.5 Å². The van der Waals surface area contributed by atoms with Gasteiger partial charge in [-0.1, -0.05) is 6.07 Å². The molecule has 5 heteroatoms. The van der Waals surface area contributed by atoms with Crippen LogP contribution in [0.2, 0.25) is 0 Å². The van der Waals surface area contributed by atoms with Crippen LogP contribution < -0.4 is 10.2 Å². The van der Waals surface area contributed by atoms with E-state index in [1.165, 1.54) is 5.69 Å². The van der Waals surface area contributed by atoms with Crippen molar-refractivity contribution in [3.8, 4) is 0 Å². The summed E-state index contributed by atoms with van der Waals surface area (Å²) in [5.41, 5.74) is 2.26. The molecule has 0 radical (unpaired) electrons. The van der Waals surface area contributed by atoms with Crippen LogP contribution in [-0.2, 0) is 13.6 Å². The zero-order chi connectivity index (χ0) is 12.3. The van der Waals surface area contributed by atoms with Gasteiger partial charge in [-0.3, -0.25) is 0 Å². The van der Waals surface area contributed by atoms with Crippen LogP contribution in [0.4, 0.5) is 11.4 Å². The molecule has 0 saturated carbocycles. The maximum absolute atomic E-state index is 4.03. The van der Waals surface area contributed by atoms with Gasteiger partial charge in [0.25, 0.3) is 0 Å². The Balaban J connectivity index is 2.04. The standard InChI is InChI=1S/C12H17N5/c1-16(2)11-6-4-5-10(7-11)13-8-12-15-14-9-17(12)3/h4-7,9,13H,8H2,1-3H3. The van der Waals surface area contributed by atoms with Gasteiger partial charge in [0.05, 0.1) is 6.54 Å². The lowest BCUT2D eigenvalue weighted by Gasteiger charge is -2.14. The van der Waals surface area contributed by atoms with E-state index >= 15 is 0 Å². The summed E-state index contributed by atoms with van der Waals surface area (Å²) in [4.78, 5) is 2.08. The Hall–Kier alpha value is -2.04. The molecule has 0 amide bonds. The fourth-order valence-electron chi connectivity index (χ4n) is 1.54. The SMILES string of the molecule is CN(C)c1cccc(NCc2nncn2C)c1. The van der Waals surface area contributed by atoms with Crippen LogP contribution in [0.15, 0.2) is 30.6 Å². The van der Waals surface area contributed by atoms with Crippen molar-refractivity contribution in [3.63, 3.8) is 0 Å². The lowest BCUT2D eigenvalue weighted by molar-refractivity contribution is 0.812. The zero-order valence-electron chi connectivity index (χ0n) is 10.4. The summed E-state index contributed by atoms with van der Waals surface area (Å²) < 4.78 is 1.91. The highest BCUT2D eigenvalue weighted by Crippen LogP contribution is 2.17. The minimum absolute atomic E-state index is 0.674. The molecule has 0 spiro atoms. The van der Waals surface area contributed by atoms with Crippen molar-refractivity contribution in [2.75, 3.05) is 24.3 Å². The number of aromatic nitrogens is 3. The molecule has 1 heterocycles. The van der Waals surface area contributed by atoms with Crippen molar-refractivity contribution in [1.29, 1.82) is 0 Å². The Morgan fingerprint density at radius 2 is 2.18 bits per heavy atom. The first-order valence-electron chi connectivity index (χ1n) is 5.51. The summed E-state index contributed by atoms with van der Waals surface area (Å²) in [6.45, 7) is 0.674. The van der Waals surface area contributed by atoms with Crippen LogP contribution in [0.5, 0.6) is 0 Å². The Morgan fingerprint density at radius 1 is 1.35 bits per heavy atom. The molecule has 0 aliphatic carbocycles. The van der Waals surface area contributed by atoms with Gasteiger partial charge in [-0.25, -0.2) is 0 Å². The predicted molar refractivity (Wildman–Crippen MR) is 69.1 cm³/mol. The molecule has 0 aliphatic rings. The first-order valence-corrected chi connectivity index (χ1v) is 5.51. The van der Waals surface area contributed by atoms with E-state index in [-0.39, 0.29) is 0 Å². The Morgan fingerprint density at radius 3 is 2.82 bits per heavy atom. The van der Waals surface area contributed by atoms with Crippen LogP contribution in [0.1, 0.15) is 5.82 Å². The van der Waals surface area contributed by atoms with E-state index in [9.17, 15) is 0 Å². The largest absolute Gasteiger partial charge is 0.378 e.